The van der Waals surface area contributed by atoms with E-state index in [0.29, 0.717) is 48.5 Å². The van der Waals surface area contributed by atoms with Gasteiger partial charge in [0.15, 0.2) is 0 Å². The van der Waals surface area contributed by atoms with Crippen LogP contribution in [0.2, 0.25) is 0 Å². The van der Waals surface area contributed by atoms with Gasteiger partial charge in [0.1, 0.15) is 23.5 Å². The minimum Gasteiger partial charge on any atom is -0.491 e. The summed E-state index contributed by atoms with van der Waals surface area (Å²) >= 11 is 0. The van der Waals surface area contributed by atoms with Crippen LogP contribution in [-0.2, 0) is 16.0 Å². The molecule has 0 unspecified atom stereocenters. The van der Waals surface area contributed by atoms with E-state index in [9.17, 15) is 24.2 Å². The van der Waals surface area contributed by atoms with Crippen LogP contribution in [0.1, 0.15) is 82.0 Å². The first-order valence-electron chi connectivity index (χ1n) is 13.9. The van der Waals surface area contributed by atoms with E-state index >= 15 is 0 Å². The lowest BCUT2D eigenvalue weighted by Gasteiger charge is -2.34. The molecule has 4 atom stereocenters. The lowest BCUT2D eigenvalue weighted by molar-refractivity contribution is -0.143. The fraction of sp³-hybridized carbons (Fsp3) is 0.500. The number of halogens is 1. The van der Waals surface area contributed by atoms with E-state index in [0.717, 1.165) is 23.9 Å². The molecule has 40 heavy (non-hydrogen) atoms. The summed E-state index contributed by atoms with van der Waals surface area (Å²) < 4.78 is 27.4. The summed E-state index contributed by atoms with van der Waals surface area (Å²) in [7, 11) is 1.35. The summed E-state index contributed by atoms with van der Waals surface area (Å²) in [5.74, 6) is -1.22. The van der Waals surface area contributed by atoms with Crippen LogP contribution in [0.25, 0.3) is 11.0 Å². The van der Waals surface area contributed by atoms with E-state index in [-0.39, 0.29) is 23.8 Å². The van der Waals surface area contributed by atoms with Gasteiger partial charge in [0, 0.05) is 23.2 Å². The van der Waals surface area contributed by atoms with Crippen molar-refractivity contribution in [1.29, 1.82) is 0 Å². The largest absolute Gasteiger partial charge is 0.491 e. The van der Waals surface area contributed by atoms with Gasteiger partial charge in [-0.3, -0.25) is 9.69 Å². The number of nitrogens with zero attached hydrogens (tertiary/aromatic N) is 3. The minimum absolute atomic E-state index is 0.0674. The maximum Gasteiger partial charge on any atom is 0.414 e. The Bertz CT molecular complexity index is 1440. The van der Waals surface area contributed by atoms with E-state index in [1.54, 1.807) is 4.90 Å². The molecular weight excluding hydrogens is 517 g/mol. The second kappa shape index (κ2) is 11.1. The van der Waals surface area contributed by atoms with Crippen molar-refractivity contribution >= 4 is 28.8 Å². The number of rotatable bonds is 6. The molecule has 1 amide bonds. The number of carbonyl (C=O) groups excluding carboxylic acids is 1. The SMILES string of the molecule is COC(=O)N1c2ccc3c(nc([C@@H](O)c4cc(F)ccc4OC(C)C)n3[C@@H]3CCC[C@@H](C(=O)O)C3)c2CC[C@@H]1C. The molecule has 2 aliphatic rings. The van der Waals surface area contributed by atoms with Crippen molar-refractivity contribution in [3.8, 4) is 5.75 Å². The minimum atomic E-state index is -1.34. The Morgan fingerprint density at radius 1 is 1.15 bits per heavy atom. The highest BCUT2D eigenvalue weighted by Crippen LogP contribution is 2.43. The number of methoxy groups -OCH3 is 1. The van der Waals surface area contributed by atoms with Crippen LogP contribution in [0, 0.1) is 11.7 Å². The summed E-state index contributed by atoms with van der Waals surface area (Å²) in [6.07, 6.45) is 1.78. The number of carboxylic acids is 1. The smallest absolute Gasteiger partial charge is 0.414 e. The summed E-state index contributed by atoms with van der Waals surface area (Å²) in [5, 5.41) is 21.6. The summed E-state index contributed by atoms with van der Waals surface area (Å²) in [5.41, 5.74) is 3.18. The molecule has 214 valence electrons. The first kappa shape index (κ1) is 27.9. The molecule has 9 nitrogen and oxygen atoms in total. The highest BCUT2D eigenvalue weighted by Gasteiger charge is 2.36. The lowest BCUT2D eigenvalue weighted by atomic mass is 9.85. The van der Waals surface area contributed by atoms with Crippen LogP contribution in [0.5, 0.6) is 5.75 Å². The van der Waals surface area contributed by atoms with Gasteiger partial charge in [0.2, 0.25) is 0 Å². The number of amides is 1. The second-order valence-electron chi connectivity index (χ2n) is 11.1. The van der Waals surface area contributed by atoms with Crippen molar-refractivity contribution in [2.75, 3.05) is 12.0 Å². The van der Waals surface area contributed by atoms with Gasteiger partial charge >= 0.3 is 12.1 Å². The van der Waals surface area contributed by atoms with Crippen molar-refractivity contribution in [2.45, 2.75) is 83.6 Å². The van der Waals surface area contributed by atoms with Crippen molar-refractivity contribution < 1.29 is 33.7 Å². The van der Waals surface area contributed by atoms with Crippen LogP contribution in [0.15, 0.2) is 30.3 Å². The molecule has 1 aromatic heterocycles. The molecule has 2 heterocycles. The quantitative estimate of drug-likeness (QED) is 0.398. The Kier molecular flexibility index (Phi) is 7.72. The Hall–Kier alpha value is -3.66. The monoisotopic (exact) mass is 553 g/mol. The predicted molar refractivity (Wildman–Crippen MR) is 147 cm³/mol. The third kappa shape index (κ3) is 5.00. The molecule has 0 saturated heterocycles. The van der Waals surface area contributed by atoms with Crippen molar-refractivity contribution in [2.24, 2.45) is 5.92 Å². The highest BCUT2D eigenvalue weighted by atomic mass is 19.1. The zero-order valence-corrected chi connectivity index (χ0v) is 23.3. The number of hydrogen-bond acceptors (Lipinski definition) is 6. The number of aliphatic carboxylic acids is 1. The number of carbonyl (C=O) groups is 2. The third-order valence-electron chi connectivity index (χ3n) is 8.09. The average molecular weight is 554 g/mol. The summed E-state index contributed by atoms with van der Waals surface area (Å²) in [4.78, 5) is 31.2. The molecule has 10 heteroatoms. The molecule has 2 N–H and O–H groups in total. The van der Waals surface area contributed by atoms with Gasteiger partial charge in [-0.05, 0) is 83.2 Å². The Balaban J connectivity index is 1.71. The van der Waals surface area contributed by atoms with Crippen LogP contribution in [0.3, 0.4) is 0 Å². The van der Waals surface area contributed by atoms with E-state index in [1.165, 1.54) is 25.3 Å². The van der Waals surface area contributed by atoms with E-state index in [2.05, 4.69) is 0 Å². The fourth-order valence-electron chi connectivity index (χ4n) is 6.23. The zero-order valence-electron chi connectivity index (χ0n) is 23.3. The number of carboxylic acid groups (broad SMARTS) is 1. The lowest BCUT2D eigenvalue weighted by Crippen LogP contribution is -2.42. The van der Waals surface area contributed by atoms with Gasteiger partial charge in [-0.1, -0.05) is 6.42 Å². The Morgan fingerprint density at radius 2 is 1.93 bits per heavy atom. The first-order valence-corrected chi connectivity index (χ1v) is 13.9. The molecule has 2 aromatic carbocycles. The average Bonchev–Trinajstić information content (AvgIpc) is 3.33. The number of anilines is 1. The van der Waals surface area contributed by atoms with E-state index in [4.69, 9.17) is 14.5 Å². The van der Waals surface area contributed by atoms with Crippen LogP contribution in [-0.4, -0.2) is 51.1 Å². The molecule has 0 radical (unpaired) electrons. The van der Waals surface area contributed by atoms with Gasteiger partial charge in [-0.15, -0.1) is 0 Å². The molecule has 1 aliphatic carbocycles. The summed E-state index contributed by atoms with van der Waals surface area (Å²) in [6, 6.07) is 7.47. The predicted octanol–water partition coefficient (Wildman–Crippen LogP) is 5.77. The topological polar surface area (TPSA) is 114 Å². The molecule has 1 fully saturated rings. The number of aliphatic hydroxyl groups is 1. The summed E-state index contributed by atoms with van der Waals surface area (Å²) in [6.45, 7) is 5.67. The maximum atomic E-state index is 14.5. The van der Waals surface area contributed by atoms with Gasteiger partial charge < -0.3 is 24.3 Å². The Morgan fingerprint density at radius 3 is 2.62 bits per heavy atom. The first-order chi connectivity index (χ1) is 19.1. The maximum absolute atomic E-state index is 14.5. The van der Waals surface area contributed by atoms with Crippen molar-refractivity contribution in [3.05, 3.63) is 53.1 Å². The molecule has 5 rings (SSSR count). The molecule has 1 aliphatic heterocycles. The van der Waals surface area contributed by atoms with Gasteiger partial charge in [-0.2, -0.15) is 0 Å². The third-order valence-corrected chi connectivity index (χ3v) is 8.09. The number of aromatic nitrogens is 2. The van der Waals surface area contributed by atoms with Gasteiger partial charge in [0.05, 0.1) is 35.9 Å². The fourth-order valence-corrected chi connectivity index (χ4v) is 6.23. The molecule has 0 bridgehead atoms. The van der Waals surface area contributed by atoms with E-state index < -0.39 is 29.9 Å². The zero-order chi connectivity index (χ0) is 28.7. The highest BCUT2D eigenvalue weighted by molar-refractivity contribution is 5.95. The number of benzene rings is 2. The molecule has 1 saturated carbocycles. The van der Waals surface area contributed by atoms with Gasteiger partial charge in [-0.25, -0.2) is 14.2 Å². The van der Waals surface area contributed by atoms with Crippen molar-refractivity contribution in [3.63, 3.8) is 0 Å². The molecular formula is C30H36FN3O6. The van der Waals surface area contributed by atoms with Crippen molar-refractivity contribution in [1.82, 2.24) is 9.55 Å². The standard InChI is InChI=1S/C30H36FN3O6/c1-16(2)40-25-13-9-19(31)15-22(25)27(35)28-32-26-21-10-8-17(3)33(30(38)39-4)23(21)11-12-24(26)34(28)20-7-5-6-18(14-20)29(36)37/h9,11-13,15-18,20,27,35H,5-8,10,14H2,1-4H3,(H,36,37)/t17-,18+,20+,27-/m0/s1. The Labute approximate surface area is 232 Å². The number of fused-ring (bicyclic) bond motifs is 3. The molecule has 3 aromatic rings. The number of imidazole rings is 1. The number of aliphatic hydroxyl groups excluding tert-OH is 1. The van der Waals surface area contributed by atoms with E-state index in [1.807, 2.05) is 37.5 Å². The van der Waals surface area contributed by atoms with Crippen LogP contribution >= 0.6 is 0 Å². The molecule has 0 spiro atoms. The van der Waals surface area contributed by atoms with Crippen LogP contribution < -0.4 is 9.64 Å². The number of aryl methyl sites for hydroxylation is 1. The van der Waals surface area contributed by atoms with Crippen LogP contribution in [0.4, 0.5) is 14.9 Å². The van der Waals surface area contributed by atoms with Gasteiger partial charge in [0.25, 0.3) is 0 Å². The second-order valence-corrected chi connectivity index (χ2v) is 11.1. The number of ether oxygens (including phenoxy) is 2. The number of hydrogen-bond donors (Lipinski definition) is 2. The normalized spacial score (nSPS) is 21.8.